The van der Waals surface area contributed by atoms with E-state index in [1.807, 2.05) is 0 Å². The summed E-state index contributed by atoms with van der Waals surface area (Å²) < 4.78 is 9.24. The van der Waals surface area contributed by atoms with Crippen molar-refractivity contribution in [3.8, 4) is 0 Å². The molecule has 0 amide bonds. The summed E-state index contributed by atoms with van der Waals surface area (Å²) in [4.78, 5) is 66.6. The number of carbonyl (C=O) groups excluding carboxylic acids is 6. The molecule has 0 aliphatic rings. The van der Waals surface area contributed by atoms with Crippen LogP contribution in [0.2, 0.25) is 0 Å². The third-order valence-corrected chi connectivity index (χ3v) is 8.32. The topological polar surface area (TPSA) is 219 Å². The van der Waals surface area contributed by atoms with Crippen LogP contribution < -0.4 is 80.8 Å². The number of rotatable bonds is 32. The monoisotopic (exact) mass is 758 g/mol. The number of aliphatic carboxylic acids is 2. The molecule has 0 heterocycles. The summed E-state index contributed by atoms with van der Waals surface area (Å²) in [7, 11) is 0. The molecule has 0 fully saturated rings. The average Bonchev–Trinajstić information content (AvgIpc) is 3.07. The minimum Gasteiger partial charge on any atom is -0.550 e. The number of carboxylic acid groups (broad SMARTS) is 2. The second-order valence-electron chi connectivity index (χ2n) is 13.2. The van der Waals surface area contributed by atoms with Crippen LogP contribution in [0.15, 0.2) is 0 Å². The van der Waals surface area contributed by atoms with Crippen molar-refractivity contribution in [1.29, 1.82) is 0 Å². The Labute approximate surface area is 358 Å². The Bertz CT molecular complexity index is 852. The first kappa shape index (κ1) is 57.9. The molecule has 52 heavy (non-hydrogen) atoms. The van der Waals surface area contributed by atoms with E-state index in [2.05, 4.69) is 23.3 Å². The van der Waals surface area contributed by atoms with Gasteiger partial charge in [-0.15, -0.1) is 0 Å². The Morgan fingerprint density at radius 3 is 0.885 bits per heavy atom. The van der Waals surface area contributed by atoms with E-state index in [4.69, 9.17) is 11.5 Å². The van der Waals surface area contributed by atoms with Crippen LogP contribution in [0.1, 0.15) is 194 Å². The summed E-state index contributed by atoms with van der Waals surface area (Å²) >= 11 is 0. The predicted octanol–water partition coefficient (Wildman–Crippen LogP) is -0.763. The molecule has 0 aromatic carbocycles. The Kier molecular flexibility index (Phi) is 47.7. The van der Waals surface area contributed by atoms with Gasteiger partial charge < -0.3 is 40.7 Å². The van der Waals surface area contributed by atoms with Crippen molar-refractivity contribution in [3.63, 3.8) is 0 Å². The molecular formula is C38H68N2Na2O10. The van der Waals surface area contributed by atoms with Crippen molar-refractivity contribution in [2.45, 2.75) is 206 Å². The maximum absolute atomic E-state index is 11.5. The van der Waals surface area contributed by atoms with Crippen LogP contribution in [0.4, 0.5) is 0 Å². The molecule has 0 rings (SSSR count). The summed E-state index contributed by atoms with van der Waals surface area (Å²) in [5.41, 5.74) is 10.9. The number of ether oxygens (including phenoxy) is 2. The molecular weight excluding hydrogens is 690 g/mol. The fraction of sp³-hybridized carbons (Fsp3) is 0.842. The Morgan fingerprint density at radius 2 is 0.654 bits per heavy atom. The van der Waals surface area contributed by atoms with Crippen molar-refractivity contribution in [2.75, 3.05) is 0 Å². The van der Waals surface area contributed by atoms with Crippen LogP contribution in [-0.4, -0.2) is 47.9 Å². The van der Waals surface area contributed by atoms with Gasteiger partial charge in [-0.05, 0) is 38.5 Å². The van der Waals surface area contributed by atoms with Crippen LogP contribution in [-0.2, 0) is 38.2 Å². The molecule has 12 nitrogen and oxygen atoms in total. The average molecular weight is 759 g/mol. The third kappa shape index (κ3) is 43.5. The standard InChI is InChI=1S/2C19H35NO5.2Na/c2*1-2-3-4-5-6-7-8-9-10-11-12-13-18(23)25-19(24)16(20)14-15-17(21)22;;/h2*16H,2-15,20H2,1H3,(H,21,22);;/q;;2*+1/p-2. The largest absolute Gasteiger partial charge is 1.00 e. The van der Waals surface area contributed by atoms with Gasteiger partial charge >= 0.3 is 83.0 Å². The first-order chi connectivity index (χ1) is 23.9. The van der Waals surface area contributed by atoms with Crippen LogP contribution in [0, 0.1) is 0 Å². The van der Waals surface area contributed by atoms with Crippen molar-refractivity contribution in [1.82, 2.24) is 0 Å². The van der Waals surface area contributed by atoms with E-state index >= 15 is 0 Å². The normalized spacial score (nSPS) is 11.5. The molecule has 0 spiro atoms. The first-order valence-electron chi connectivity index (χ1n) is 19.3. The van der Waals surface area contributed by atoms with Crippen molar-refractivity contribution < 1.29 is 108 Å². The van der Waals surface area contributed by atoms with Crippen LogP contribution >= 0.6 is 0 Å². The van der Waals surface area contributed by atoms with E-state index in [9.17, 15) is 39.0 Å². The Hall–Kier alpha value is -0.860. The fourth-order valence-corrected chi connectivity index (χ4v) is 5.13. The zero-order valence-corrected chi connectivity index (χ0v) is 37.2. The van der Waals surface area contributed by atoms with Crippen molar-refractivity contribution >= 4 is 35.8 Å². The second-order valence-corrected chi connectivity index (χ2v) is 13.2. The molecule has 14 heteroatoms. The van der Waals surface area contributed by atoms with E-state index in [0.29, 0.717) is 12.8 Å². The Morgan fingerprint density at radius 1 is 0.423 bits per heavy atom. The van der Waals surface area contributed by atoms with Gasteiger partial charge in [-0.2, -0.15) is 0 Å². The van der Waals surface area contributed by atoms with Gasteiger partial charge in [0.15, 0.2) is 0 Å². The molecule has 0 saturated heterocycles. The smallest absolute Gasteiger partial charge is 0.550 e. The van der Waals surface area contributed by atoms with E-state index in [-0.39, 0.29) is 97.6 Å². The third-order valence-electron chi connectivity index (χ3n) is 8.32. The molecule has 0 aromatic rings. The molecule has 0 saturated carbocycles. The predicted molar refractivity (Wildman–Crippen MR) is 189 cm³/mol. The maximum atomic E-state index is 11.5. The van der Waals surface area contributed by atoms with Crippen molar-refractivity contribution in [2.24, 2.45) is 11.5 Å². The van der Waals surface area contributed by atoms with Crippen LogP contribution in [0.3, 0.4) is 0 Å². The molecule has 2 atom stereocenters. The molecule has 0 radical (unpaired) electrons. The summed E-state index contributed by atoms with van der Waals surface area (Å²) in [6.07, 6.45) is 25.6. The van der Waals surface area contributed by atoms with Gasteiger partial charge in [-0.3, -0.25) is 9.59 Å². The van der Waals surface area contributed by atoms with E-state index in [0.717, 1.165) is 25.7 Å². The number of carbonyl (C=O) groups is 6. The summed E-state index contributed by atoms with van der Waals surface area (Å²) in [5.74, 6) is -5.48. The Balaban J connectivity index is -0.000000427. The molecule has 0 aliphatic carbocycles. The molecule has 0 aliphatic heterocycles. The van der Waals surface area contributed by atoms with E-state index in [1.54, 1.807) is 0 Å². The van der Waals surface area contributed by atoms with Gasteiger partial charge in [0.1, 0.15) is 12.1 Å². The quantitative estimate of drug-likeness (QED) is 0.0374. The number of nitrogens with two attached hydrogens (primary N) is 2. The fourth-order valence-electron chi connectivity index (χ4n) is 5.13. The van der Waals surface area contributed by atoms with Crippen LogP contribution in [0.5, 0.6) is 0 Å². The molecule has 4 N–H and O–H groups in total. The van der Waals surface area contributed by atoms with E-state index in [1.165, 1.54) is 103 Å². The van der Waals surface area contributed by atoms with Gasteiger partial charge in [-0.1, -0.05) is 142 Å². The maximum Gasteiger partial charge on any atom is 1.00 e. The number of carboxylic acids is 2. The van der Waals surface area contributed by atoms with E-state index < -0.39 is 47.9 Å². The molecule has 292 valence electrons. The van der Waals surface area contributed by atoms with Crippen molar-refractivity contribution in [3.05, 3.63) is 0 Å². The van der Waals surface area contributed by atoms with Gasteiger partial charge in [-0.25, -0.2) is 9.59 Å². The zero-order chi connectivity index (χ0) is 37.8. The minimum atomic E-state index is -1.28. The minimum absolute atomic E-state index is 0. The SMILES string of the molecule is CCCCCCCCCCCCCC(=O)OC(=O)C(N)CCC(=O)[O-].CCCCCCCCCCCCCC(=O)OC(=O)C(N)CCC(=O)[O-].[Na+].[Na+]. The first-order valence-corrected chi connectivity index (χ1v) is 19.3. The van der Waals surface area contributed by atoms with Gasteiger partial charge in [0, 0.05) is 24.8 Å². The molecule has 2 unspecified atom stereocenters. The number of esters is 4. The summed E-state index contributed by atoms with van der Waals surface area (Å²) in [6.45, 7) is 4.44. The number of hydrogen-bond acceptors (Lipinski definition) is 12. The van der Waals surface area contributed by atoms with Gasteiger partial charge in [0.25, 0.3) is 0 Å². The second kappa shape index (κ2) is 42.9. The zero-order valence-electron chi connectivity index (χ0n) is 33.2. The molecule has 0 bridgehead atoms. The summed E-state index contributed by atoms with van der Waals surface area (Å²) in [5, 5.41) is 20.6. The number of hydrogen-bond donors (Lipinski definition) is 2. The number of unbranched alkanes of at least 4 members (excludes halogenated alkanes) is 20. The van der Waals surface area contributed by atoms with Gasteiger partial charge in [0.05, 0.1) is 0 Å². The van der Waals surface area contributed by atoms with Gasteiger partial charge in [0.2, 0.25) is 0 Å². The summed E-state index contributed by atoms with van der Waals surface area (Å²) in [6, 6.07) is -2.20. The van der Waals surface area contributed by atoms with Crippen LogP contribution in [0.25, 0.3) is 0 Å². The molecule has 0 aromatic heterocycles.